The number of hydrogen-bond acceptors (Lipinski definition) is 4. The summed E-state index contributed by atoms with van der Waals surface area (Å²) < 4.78 is 29.9. The zero-order chi connectivity index (χ0) is 16.0. The summed E-state index contributed by atoms with van der Waals surface area (Å²) in [5.74, 6) is 1.62. The third kappa shape index (κ3) is 2.16. The van der Waals surface area contributed by atoms with Crippen LogP contribution in [-0.2, 0) is 6.61 Å². The zero-order valence-corrected chi connectivity index (χ0v) is 12.7. The van der Waals surface area contributed by atoms with Gasteiger partial charge in [0.1, 0.15) is 18.2 Å². The summed E-state index contributed by atoms with van der Waals surface area (Å²) >= 11 is 0. The lowest BCUT2D eigenvalue weighted by Crippen LogP contribution is -2.08. The molecule has 4 rings (SSSR count). The van der Waals surface area contributed by atoms with E-state index in [0.29, 0.717) is 23.9 Å². The van der Waals surface area contributed by atoms with Crippen molar-refractivity contribution < 1.29 is 18.6 Å². The smallest absolute Gasteiger partial charge is 0.162 e. The molecule has 1 aromatic heterocycles. The molecule has 0 spiro atoms. The number of rotatable bonds is 2. The first-order valence-corrected chi connectivity index (χ1v) is 7.18. The fourth-order valence-corrected chi connectivity index (χ4v) is 2.87. The number of pyridine rings is 1. The molecule has 23 heavy (non-hydrogen) atoms. The topological polar surface area (TPSA) is 40.6 Å². The maximum absolute atomic E-state index is 13.6. The summed E-state index contributed by atoms with van der Waals surface area (Å²) in [5, 5.41) is 0.901. The Balaban J connectivity index is 1.98. The van der Waals surface area contributed by atoms with Crippen molar-refractivity contribution in [3.05, 3.63) is 47.9 Å². The Labute approximate surface area is 132 Å². The van der Waals surface area contributed by atoms with Crippen molar-refractivity contribution in [2.24, 2.45) is 0 Å². The van der Waals surface area contributed by atoms with E-state index in [1.165, 1.54) is 12.1 Å². The van der Waals surface area contributed by atoms with Crippen LogP contribution < -0.4 is 14.2 Å². The maximum Gasteiger partial charge on any atom is 0.162 e. The van der Waals surface area contributed by atoms with E-state index in [2.05, 4.69) is 4.98 Å². The SMILES string of the molecule is COc1cc2cc3c(nc2cc1OC)COc1ccc(F)cc1-3. The molecule has 0 fully saturated rings. The first kappa shape index (κ1) is 13.8. The van der Waals surface area contributed by atoms with Gasteiger partial charge in [-0.25, -0.2) is 9.37 Å². The molecule has 0 saturated carbocycles. The second-order valence-corrected chi connectivity index (χ2v) is 5.31. The van der Waals surface area contributed by atoms with Gasteiger partial charge in [-0.2, -0.15) is 0 Å². The van der Waals surface area contributed by atoms with Crippen LogP contribution in [0.3, 0.4) is 0 Å². The van der Waals surface area contributed by atoms with E-state index >= 15 is 0 Å². The lowest BCUT2D eigenvalue weighted by atomic mass is 9.98. The summed E-state index contributed by atoms with van der Waals surface area (Å²) in [6.07, 6.45) is 0. The van der Waals surface area contributed by atoms with Crippen LogP contribution >= 0.6 is 0 Å². The van der Waals surface area contributed by atoms with Gasteiger partial charge < -0.3 is 14.2 Å². The minimum Gasteiger partial charge on any atom is -0.493 e. The van der Waals surface area contributed by atoms with Crippen molar-refractivity contribution in [2.45, 2.75) is 6.61 Å². The Morgan fingerprint density at radius 2 is 1.78 bits per heavy atom. The first-order valence-electron chi connectivity index (χ1n) is 7.18. The van der Waals surface area contributed by atoms with E-state index in [9.17, 15) is 4.39 Å². The molecule has 4 nitrogen and oxygen atoms in total. The molecule has 1 aliphatic rings. The first-order chi connectivity index (χ1) is 11.2. The average Bonchev–Trinajstić information content (AvgIpc) is 2.58. The Bertz CT molecular complexity index is 924. The van der Waals surface area contributed by atoms with Gasteiger partial charge in [-0.05, 0) is 30.3 Å². The summed E-state index contributed by atoms with van der Waals surface area (Å²) in [7, 11) is 3.18. The summed E-state index contributed by atoms with van der Waals surface area (Å²) in [6.45, 7) is 0.359. The molecule has 1 aliphatic heterocycles. The summed E-state index contributed by atoms with van der Waals surface area (Å²) in [6, 6.07) is 10.2. The van der Waals surface area contributed by atoms with E-state index in [0.717, 1.165) is 27.7 Å². The van der Waals surface area contributed by atoms with Gasteiger partial charge in [0.2, 0.25) is 0 Å². The van der Waals surface area contributed by atoms with Crippen molar-refractivity contribution in [3.63, 3.8) is 0 Å². The minimum atomic E-state index is -0.299. The van der Waals surface area contributed by atoms with Gasteiger partial charge in [-0.1, -0.05) is 0 Å². The van der Waals surface area contributed by atoms with Crippen LogP contribution in [0.4, 0.5) is 4.39 Å². The van der Waals surface area contributed by atoms with Gasteiger partial charge in [-0.15, -0.1) is 0 Å². The predicted molar refractivity (Wildman–Crippen MR) is 84.6 cm³/mol. The summed E-state index contributed by atoms with van der Waals surface area (Å²) in [5.41, 5.74) is 3.16. The van der Waals surface area contributed by atoms with Crippen LogP contribution in [0.5, 0.6) is 17.2 Å². The zero-order valence-electron chi connectivity index (χ0n) is 12.7. The van der Waals surface area contributed by atoms with Crippen LogP contribution in [0.1, 0.15) is 5.69 Å². The maximum atomic E-state index is 13.6. The molecule has 2 heterocycles. The van der Waals surface area contributed by atoms with Gasteiger partial charge in [-0.3, -0.25) is 0 Å². The predicted octanol–water partition coefficient (Wildman–Crippen LogP) is 3.95. The highest BCUT2D eigenvalue weighted by Crippen LogP contribution is 2.40. The number of methoxy groups -OCH3 is 2. The fourth-order valence-electron chi connectivity index (χ4n) is 2.87. The third-order valence-electron chi connectivity index (χ3n) is 4.00. The molecular weight excluding hydrogens is 297 g/mol. The Morgan fingerprint density at radius 1 is 1.00 bits per heavy atom. The van der Waals surface area contributed by atoms with Gasteiger partial charge in [0.15, 0.2) is 11.5 Å². The van der Waals surface area contributed by atoms with Crippen molar-refractivity contribution in [1.29, 1.82) is 0 Å². The van der Waals surface area contributed by atoms with E-state index in [1.807, 2.05) is 18.2 Å². The van der Waals surface area contributed by atoms with Gasteiger partial charge in [0.25, 0.3) is 0 Å². The van der Waals surface area contributed by atoms with Crippen molar-refractivity contribution in [2.75, 3.05) is 14.2 Å². The highest BCUT2D eigenvalue weighted by Gasteiger charge is 2.20. The molecule has 0 amide bonds. The highest BCUT2D eigenvalue weighted by atomic mass is 19.1. The average molecular weight is 311 g/mol. The molecule has 0 bridgehead atoms. The molecule has 0 atom stereocenters. The third-order valence-corrected chi connectivity index (χ3v) is 4.00. The molecule has 5 heteroatoms. The number of hydrogen-bond donors (Lipinski definition) is 0. The van der Waals surface area contributed by atoms with Crippen molar-refractivity contribution in [3.8, 4) is 28.4 Å². The minimum absolute atomic E-state index is 0.299. The molecule has 2 aromatic carbocycles. The number of fused-ring (bicyclic) bond motifs is 4. The molecule has 0 radical (unpaired) electrons. The Morgan fingerprint density at radius 3 is 2.57 bits per heavy atom. The number of halogens is 1. The molecule has 0 N–H and O–H groups in total. The Hall–Kier alpha value is -2.82. The highest BCUT2D eigenvalue weighted by molar-refractivity contribution is 5.89. The number of nitrogens with zero attached hydrogens (tertiary/aromatic N) is 1. The summed E-state index contributed by atoms with van der Waals surface area (Å²) in [4.78, 5) is 4.65. The second-order valence-electron chi connectivity index (χ2n) is 5.31. The van der Waals surface area contributed by atoms with E-state index in [4.69, 9.17) is 14.2 Å². The van der Waals surface area contributed by atoms with Crippen molar-refractivity contribution >= 4 is 10.9 Å². The quantitative estimate of drug-likeness (QED) is 0.718. The lowest BCUT2D eigenvalue weighted by Gasteiger charge is -2.21. The molecule has 0 aliphatic carbocycles. The van der Waals surface area contributed by atoms with Crippen LogP contribution in [0.15, 0.2) is 36.4 Å². The van der Waals surface area contributed by atoms with Crippen molar-refractivity contribution in [1.82, 2.24) is 4.98 Å². The normalized spacial score (nSPS) is 12.3. The fraction of sp³-hybridized carbons (Fsp3) is 0.167. The number of aromatic nitrogens is 1. The number of benzene rings is 2. The van der Waals surface area contributed by atoms with Gasteiger partial charge in [0, 0.05) is 22.6 Å². The van der Waals surface area contributed by atoms with E-state index in [1.54, 1.807) is 20.3 Å². The molecule has 116 valence electrons. The monoisotopic (exact) mass is 311 g/mol. The molecule has 0 unspecified atom stereocenters. The Kier molecular flexibility index (Phi) is 3.08. The van der Waals surface area contributed by atoms with E-state index < -0.39 is 0 Å². The van der Waals surface area contributed by atoms with E-state index in [-0.39, 0.29) is 5.82 Å². The second kappa shape index (κ2) is 5.12. The van der Waals surface area contributed by atoms with Crippen LogP contribution in [-0.4, -0.2) is 19.2 Å². The largest absolute Gasteiger partial charge is 0.493 e. The van der Waals surface area contributed by atoms with Crippen LogP contribution in [0.25, 0.3) is 22.0 Å². The molecule has 3 aromatic rings. The van der Waals surface area contributed by atoms with Gasteiger partial charge in [0.05, 0.1) is 25.4 Å². The molecular formula is C18H14FNO3. The van der Waals surface area contributed by atoms with Gasteiger partial charge >= 0.3 is 0 Å². The molecule has 0 saturated heterocycles. The number of ether oxygens (including phenoxy) is 3. The van der Waals surface area contributed by atoms with Crippen LogP contribution in [0.2, 0.25) is 0 Å². The standard InChI is InChI=1S/C18H14FNO3/c1-21-17-6-10-5-12-13-7-11(19)3-4-16(13)23-9-15(12)20-14(10)8-18(17)22-2/h3-8H,9H2,1-2H3. The lowest BCUT2D eigenvalue weighted by molar-refractivity contribution is 0.297. The van der Waals surface area contributed by atoms with Crippen LogP contribution in [0, 0.1) is 5.82 Å².